The zero-order chi connectivity index (χ0) is 10.1. The van der Waals surface area contributed by atoms with Crippen molar-refractivity contribution >= 4 is 0 Å². The van der Waals surface area contributed by atoms with E-state index in [2.05, 4.69) is 4.98 Å². The van der Waals surface area contributed by atoms with E-state index in [4.69, 9.17) is 4.42 Å². The normalized spacial score (nSPS) is 10.4. The molecule has 1 aromatic carbocycles. The zero-order valence-electron chi connectivity index (χ0n) is 7.50. The summed E-state index contributed by atoms with van der Waals surface area (Å²) in [5, 5.41) is 0. The Balaban J connectivity index is 2.59. The van der Waals surface area contributed by atoms with E-state index >= 15 is 0 Å². The van der Waals surface area contributed by atoms with Crippen LogP contribution in [0, 0.1) is 12.7 Å². The number of aromatic amines is 1. The lowest BCUT2D eigenvalue weighted by Gasteiger charge is -1.97. The van der Waals surface area contributed by atoms with E-state index in [1.54, 1.807) is 19.1 Å². The van der Waals surface area contributed by atoms with E-state index in [1.165, 1.54) is 12.1 Å². The molecule has 0 aliphatic carbocycles. The Morgan fingerprint density at radius 3 is 2.79 bits per heavy atom. The van der Waals surface area contributed by atoms with Crippen molar-refractivity contribution in [3.8, 4) is 11.3 Å². The summed E-state index contributed by atoms with van der Waals surface area (Å²) in [5.41, 5.74) is 1.13. The van der Waals surface area contributed by atoms with Gasteiger partial charge in [-0.05, 0) is 19.1 Å². The van der Waals surface area contributed by atoms with Gasteiger partial charge in [0.15, 0.2) is 0 Å². The summed E-state index contributed by atoms with van der Waals surface area (Å²) in [5.74, 6) is -0.411. The summed E-state index contributed by atoms with van der Waals surface area (Å²) >= 11 is 0. The molecule has 14 heavy (non-hydrogen) atoms. The number of oxazole rings is 1. The van der Waals surface area contributed by atoms with Crippen LogP contribution in [0.25, 0.3) is 11.3 Å². The van der Waals surface area contributed by atoms with Crippen LogP contribution < -0.4 is 5.76 Å². The van der Waals surface area contributed by atoms with Gasteiger partial charge in [-0.3, -0.25) is 4.98 Å². The van der Waals surface area contributed by atoms with Gasteiger partial charge in [0.1, 0.15) is 11.6 Å². The van der Waals surface area contributed by atoms with Crippen LogP contribution in [-0.4, -0.2) is 4.98 Å². The highest BCUT2D eigenvalue weighted by atomic mass is 19.1. The summed E-state index contributed by atoms with van der Waals surface area (Å²) in [4.78, 5) is 13.4. The monoisotopic (exact) mass is 193 g/mol. The Bertz CT molecular complexity index is 513. The first-order valence-electron chi connectivity index (χ1n) is 4.12. The Morgan fingerprint density at radius 2 is 2.21 bits per heavy atom. The highest BCUT2D eigenvalue weighted by Crippen LogP contribution is 2.20. The maximum absolute atomic E-state index is 12.9. The van der Waals surface area contributed by atoms with Gasteiger partial charge in [-0.1, -0.05) is 12.1 Å². The minimum atomic E-state index is -0.526. The minimum absolute atomic E-state index is 0.344. The molecule has 1 aromatic heterocycles. The molecule has 0 unspecified atom stereocenters. The van der Waals surface area contributed by atoms with Crippen molar-refractivity contribution in [3.05, 3.63) is 46.4 Å². The molecule has 2 aromatic rings. The molecule has 0 atom stereocenters. The smallest absolute Gasteiger partial charge is 0.413 e. The first-order valence-corrected chi connectivity index (χ1v) is 4.12. The van der Waals surface area contributed by atoms with E-state index in [0.29, 0.717) is 17.0 Å². The molecule has 0 aliphatic rings. The predicted molar refractivity (Wildman–Crippen MR) is 49.5 cm³/mol. The molecule has 72 valence electrons. The fraction of sp³-hybridized carbons (Fsp3) is 0.100. The van der Waals surface area contributed by atoms with Gasteiger partial charge in [0.25, 0.3) is 0 Å². The first-order chi connectivity index (χ1) is 6.66. The lowest BCUT2D eigenvalue weighted by atomic mass is 10.1. The van der Waals surface area contributed by atoms with E-state index in [-0.39, 0.29) is 5.82 Å². The van der Waals surface area contributed by atoms with Gasteiger partial charge in [-0.15, -0.1) is 0 Å². The van der Waals surface area contributed by atoms with Gasteiger partial charge in [0.05, 0.1) is 5.69 Å². The topological polar surface area (TPSA) is 46.0 Å². The van der Waals surface area contributed by atoms with Crippen LogP contribution in [0.5, 0.6) is 0 Å². The van der Waals surface area contributed by atoms with Crippen LogP contribution in [-0.2, 0) is 0 Å². The number of H-pyrrole nitrogens is 1. The highest BCUT2D eigenvalue weighted by molar-refractivity contribution is 5.60. The molecule has 0 spiro atoms. The van der Waals surface area contributed by atoms with Gasteiger partial charge in [0.2, 0.25) is 0 Å². The van der Waals surface area contributed by atoms with E-state index in [1.807, 2.05) is 0 Å². The van der Waals surface area contributed by atoms with E-state index in [0.717, 1.165) is 0 Å². The summed E-state index contributed by atoms with van der Waals surface area (Å²) in [6, 6.07) is 5.97. The number of halogens is 1. The molecular weight excluding hydrogens is 185 g/mol. The zero-order valence-corrected chi connectivity index (χ0v) is 7.50. The second-order valence-corrected chi connectivity index (χ2v) is 2.96. The second-order valence-electron chi connectivity index (χ2n) is 2.96. The van der Waals surface area contributed by atoms with Gasteiger partial charge >= 0.3 is 5.76 Å². The maximum Gasteiger partial charge on any atom is 0.416 e. The van der Waals surface area contributed by atoms with Gasteiger partial charge in [-0.25, -0.2) is 9.18 Å². The van der Waals surface area contributed by atoms with E-state index in [9.17, 15) is 9.18 Å². The van der Waals surface area contributed by atoms with Crippen LogP contribution in [0.3, 0.4) is 0 Å². The largest absolute Gasteiger partial charge is 0.416 e. The van der Waals surface area contributed by atoms with Crippen LogP contribution in [0.4, 0.5) is 4.39 Å². The third-order valence-electron chi connectivity index (χ3n) is 1.94. The molecule has 0 radical (unpaired) electrons. The fourth-order valence-electron chi connectivity index (χ4n) is 1.33. The predicted octanol–water partition coefficient (Wildman–Crippen LogP) is 2.08. The van der Waals surface area contributed by atoms with Gasteiger partial charge < -0.3 is 4.42 Å². The number of aryl methyl sites for hydroxylation is 1. The standard InChI is InChI=1S/C10H8FNO2/c1-6-9(12-10(13)14-6)7-3-2-4-8(11)5-7/h2-5H,1H3,(H,12,13). The number of hydrogen-bond acceptors (Lipinski definition) is 2. The highest BCUT2D eigenvalue weighted by Gasteiger charge is 2.07. The number of rotatable bonds is 1. The quantitative estimate of drug-likeness (QED) is 0.753. The SMILES string of the molecule is Cc1oc(=O)[nH]c1-c1cccc(F)c1. The maximum atomic E-state index is 12.9. The number of hydrogen-bond donors (Lipinski definition) is 1. The van der Waals surface area contributed by atoms with Crippen molar-refractivity contribution in [3.63, 3.8) is 0 Å². The molecule has 4 heteroatoms. The Labute approximate surface area is 79.2 Å². The molecule has 0 fully saturated rings. The van der Waals surface area contributed by atoms with Crippen LogP contribution >= 0.6 is 0 Å². The molecular formula is C10H8FNO2. The molecule has 3 nitrogen and oxygen atoms in total. The molecule has 0 aliphatic heterocycles. The summed E-state index contributed by atoms with van der Waals surface area (Å²) in [6.45, 7) is 1.65. The van der Waals surface area contributed by atoms with Crippen LogP contribution in [0.1, 0.15) is 5.76 Å². The number of benzene rings is 1. The Kier molecular flexibility index (Phi) is 1.96. The minimum Gasteiger partial charge on any atom is -0.413 e. The molecule has 2 rings (SSSR count). The Morgan fingerprint density at radius 1 is 1.43 bits per heavy atom. The van der Waals surface area contributed by atoms with Crippen molar-refractivity contribution < 1.29 is 8.81 Å². The number of aromatic nitrogens is 1. The van der Waals surface area contributed by atoms with Gasteiger partial charge in [0, 0.05) is 5.56 Å². The first kappa shape index (κ1) is 8.74. The lowest BCUT2D eigenvalue weighted by molar-refractivity contribution is 0.488. The average molecular weight is 193 g/mol. The lowest BCUT2D eigenvalue weighted by Crippen LogP contribution is -1.94. The third-order valence-corrected chi connectivity index (χ3v) is 1.94. The van der Waals surface area contributed by atoms with Crippen LogP contribution in [0.15, 0.2) is 33.5 Å². The van der Waals surface area contributed by atoms with Crippen molar-refractivity contribution in [2.75, 3.05) is 0 Å². The van der Waals surface area contributed by atoms with E-state index < -0.39 is 5.76 Å². The second kappa shape index (κ2) is 3.14. The molecule has 1 N–H and O–H groups in total. The average Bonchev–Trinajstić information content (AvgIpc) is 2.45. The van der Waals surface area contributed by atoms with Crippen molar-refractivity contribution in [1.82, 2.24) is 4.98 Å². The molecule has 0 bridgehead atoms. The molecule has 0 saturated heterocycles. The summed E-state index contributed by atoms with van der Waals surface area (Å²) in [7, 11) is 0. The Hall–Kier alpha value is -1.84. The molecule has 1 heterocycles. The summed E-state index contributed by atoms with van der Waals surface area (Å²) in [6.07, 6.45) is 0. The number of nitrogens with one attached hydrogen (secondary N) is 1. The fourth-order valence-corrected chi connectivity index (χ4v) is 1.33. The molecule has 0 amide bonds. The van der Waals surface area contributed by atoms with Crippen LogP contribution in [0.2, 0.25) is 0 Å². The van der Waals surface area contributed by atoms with Crippen molar-refractivity contribution in [1.29, 1.82) is 0 Å². The van der Waals surface area contributed by atoms with Crippen molar-refractivity contribution in [2.45, 2.75) is 6.92 Å². The summed E-state index contributed by atoms with van der Waals surface area (Å²) < 4.78 is 17.6. The molecule has 0 saturated carbocycles. The van der Waals surface area contributed by atoms with Crippen molar-refractivity contribution in [2.24, 2.45) is 0 Å². The third kappa shape index (κ3) is 1.46. The van der Waals surface area contributed by atoms with Gasteiger partial charge in [-0.2, -0.15) is 0 Å².